The van der Waals surface area contributed by atoms with Gasteiger partial charge in [-0.15, -0.1) is 0 Å². The summed E-state index contributed by atoms with van der Waals surface area (Å²) < 4.78 is 106. The van der Waals surface area contributed by atoms with E-state index < -0.39 is 44.7 Å². The Balaban J connectivity index is 1.94. The molecule has 0 radical (unpaired) electrons. The van der Waals surface area contributed by atoms with Gasteiger partial charge in [0, 0.05) is 29.9 Å². The Morgan fingerprint density at radius 1 is 0.971 bits per heavy atom. The van der Waals surface area contributed by atoms with Gasteiger partial charge in [-0.05, 0) is 43.5 Å². The van der Waals surface area contributed by atoms with Gasteiger partial charge < -0.3 is 15.1 Å². The predicted octanol–water partition coefficient (Wildman–Crippen LogP) is 4.88. The molecule has 0 aromatic heterocycles. The van der Waals surface area contributed by atoms with Gasteiger partial charge in [-0.2, -0.15) is 26.3 Å². The molecule has 2 N–H and O–H groups in total. The Morgan fingerprint density at radius 2 is 1.51 bits per heavy atom. The van der Waals surface area contributed by atoms with Gasteiger partial charge in [-0.25, -0.2) is 8.42 Å². The van der Waals surface area contributed by atoms with Crippen LogP contribution < -0.4 is 4.90 Å². The molecule has 2 aromatic carbocycles. The lowest BCUT2D eigenvalue weighted by Gasteiger charge is -2.37. The molecule has 1 heterocycles. The maximum atomic E-state index is 13.4. The van der Waals surface area contributed by atoms with Crippen LogP contribution in [0.2, 0.25) is 0 Å². The highest BCUT2D eigenvalue weighted by molar-refractivity contribution is 7.92. The fourth-order valence-electron chi connectivity index (χ4n) is 4.25. The van der Waals surface area contributed by atoms with Crippen molar-refractivity contribution in [1.29, 1.82) is 0 Å². The van der Waals surface area contributed by atoms with E-state index in [2.05, 4.69) is 0 Å². The summed E-state index contributed by atoms with van der Waals surface area (Å²) in [4.78, 5) is 1.79. The Morgan fingerprint density at radius 3 is 2.00 bits per heavy atom. The summed E-state index contributed by atoms with van der Waals surface area (Å²) in [6.45, 7) is 1.81. The van der Waals surface area contributed by atoms with Crippen LogP contribution in [0.3, 0.4) is 0 Å². The first-order valence-corrected chi connectivity index (χ1v) is 12.4. The zero-order valence-electron chi connectivity index (χ0n) is 18.6. The molecule has 3 rings (SSSR count). The quantitative estimate of drug-likeness (QED) is 0.526. The summed E-state index contributed by atoms with van der Waals surface area (Å²) in [6, 6.07) is 9.92. The van der Waals surface area contributed by atoms with Crippen LogP contribution in [0.4, 0.5) is 32.0 Å². The molecule has 1 unspecified atom stereocenters. The molecule has 0 bridgehead atoms. The first-order valence-electron chi connectivity index (χ1n) is 10.9. The van der Waals surface area contributed by atoms with Gasteiger partial charge in [0.05, 0.1) is 16.2 Å². The zero-order valence-corrected chi connectivity index (χ0v) is 19.5. The summed E-state index contributed by atoms with van der Waals surface area (Å²) >= 11 is 0. The summed E-state index contributed by atoms with van der Waals surface area (Å²) in [7, 11) is -3.62. The van der Waals surface area contributed by atoms with Crippen molar-refractivity contribution < 1.29 is 45.0 Å². The zero-order chi connectivity index (χ0) is 26.2. The van der Waals surface area contributed by atoms with Crippen LogP contribution in [0.5, 0.6) is 0 Å². The van der Waals surface area contributed by atoms with Gasteiger partial charge in [-0.3, -0.25) is 0 Å². The summed E-state index contributed by atoms with van der Waals surface area (Å²) in [6.07, 6.45) is -13.2. The number of rotatable bonds is 6. The van der Waals surface area contributed by atoms with E-state index in [1.807, 2.05) is 0 Å². The van der Waals surface area contributed by atoms with Crippen LogP contribution >= 0.6 is 0 Å². The predicted molar refractivity (Wildman–Crippen MR) is 117 cm³/mol. The number of nitrogens with zero attached hydrogens (tertiary/aromatic N) is 1. The van der Waals surface area contributed by atoms with Gasteiger partial charge in [-0.1, -0.05) is 31.2 Å². The number of aliphatic hydroxyl groups excluding tert-OH is 1. The van der Waals surface area contributed by atoms with Gasteiger partial charge in [0.2, 0.25) is 0 Å². The summed E-state index contributed by atoms with van der Waals surface area (Å²) in [5.41, 5.74) is -6.59. The van der Waals surface area contributed by atoms with E-state index in [9.17, 15) is 45.0 Å². The Hall–Kier alpha value is -2.31. The molecule has 194 valence electrons. The molecule has 12 heteroatoms. The summed E-state index contributed by atoms with van der Waals surface area (Å²) in [5.74, 6) is 0. The van der Waals surface area contributed by atoms with Crippen LogP contribution in [0.15, 0.2) is 53.4 Å². The average molecular weight is 526 g/mol. The fourth-order valence-corrected chi connectivity index (χ4v) is 6.00. The number of sulfone groups is 1. The minimum absolute atomic E-state index is 0.00817. The highest BCUT2D eigenvalue weighted by atomic mass is 32.2. The molecule has 1 atom stereocenters. The maximum absolute atomic E-state index is 13.4. The second-order valence-corrected chi connectivity index (χ2v) is 10.7. The van der Waals surface area contributed by atoms with Crippen LogP contribution in [-0.2, 0) is 15.4 Å². The van der Waals surface area contributed by atoms with Crippen molar-refractivity contribution in [2.45, 2.75) is 60.4 Å². The second kappa shape index (κ2) is 9.62. The van der Waals surface area contributed by atoms with E-state index in [-0.39, 0.29) is 48.5 Å². The molecule has 2 aromatic rings. The molecule has 35 heavy (non-hydrogen) atoms. The molecule has 1 aliphatic heterocycles. The molecule has 0 spiro atoms. The lowest BCUT2D eigenvalue weighted by Crippen LogP contribution is -2.54. The van der Waals surface area contributed by atoms with Gasteiger partial charge in [0.25, 0.3) is 5.60 Å². The van der Waals surface area contributed by atoms with Crippen LogP contribution in [0.1, 0.15) is 43.4 Å². The molecule has 0 saturated carbocycles. The summed E-state index contributed by atoms with van der Waals surface area (Å²) in [5, 5.41) is 19.4. The van der Waals surface area contributed by atoms with Crippen molar-refractivity contribution in [2.24, 2.45) is 0 Å². The Kier molecular flexibility index (Phi) is 7.50. The number of hydrogen-bond acceptors (Lipinski definition) is 5. The lowest BCUT2D eigenvalue weighted by molar-refractivity contribution is -0.376. The van der Waals surface area contributed by atoms with Crippen molar-refractivity contribution in [2.75, 3.05) is 18.0 Å². The van der Waals surface area contributed by atoms with Crippen LogP contribution in [0.25, 0.3) is 0 Å². The third kappa shape index (κ3) is 5.01. The van der Waals surface area contributed by atoms with Crippen molar-refractivity contribution >= 4 is 15.5 Å². The van der Waals surface area contributed by atoms with Crippen molar-refractivity contribution in [3.05, 3.63) is 59.7 Å². The van der Waals surface area contributed by atoms with Gasteiger partial charge >= 0.3 is 12.4 Å². The third-order valence-electron chi connectivity index (χ3n) is 6.30. The molecule has 0 aliphatic carbocycles. The van der Waals surface area contributed by atoms with Crippen molar-refractivity contribution in [3.8, 4) is 0 Å². The third-order valence-corrected chi connectivity index (χ3v) is 8.58. The molecule has 1 fully saturated rings. The number of hydrogen-bond donors (Lipinski definition) is 2. The number of anilines is 1. The number of benzene rings is 2. The SMILES string of the molecule is CCC(O)c1cc(C(O)(C(F)(F)F)C(F)(F)F)ccc1N1CCC(S(=O)(=O)c2ccccc2)CC1. The largest absolute Gasteiger partial charge is 0.430 e. The standard InChI is InChI=1S/C23H25F6NO4S/c1-2-20(31)18-14-15(21(32,22(24,25)26)23(27,28)29)8-9-19(18)30-12-10-17(11-13-30)35(33,34)16-6-4-3-5-7-16/h3-9,14,17,20,31-32H,2,10-13H2,1H3. The maximum Gasteiger partial charge on any atom is 0.430 e. The number of aliphatic hydroxyl groups is 2. The fraction of sp³-hybridized carbons (Fsp3) is 0.478. The monoisotopic (exact) mass is 525 g/mol. The first kappa shape index (κ1) is 27.3. The molecular formula is C23H25F6NO4S. The van der Waals surface area contributed by atoms with E-state index in [0.29, 0.717) is 12.1 Å². The van der Waals surface area contributed by atoms with Crippen molar-refractivity contribution in [1.82, 2.24) is 0 Å². The van der Waals surface area contributed by atoms with E-state index in [1.165, 1.54) is 19.1 Å². The number of piperidine rings is 1. The van der Waals surface area contributed by atoms with E-state index >= 15 is 0 Å². The average Bonchev–Trinajstić information content (AvgIpc) is 2.81. The van der Waals surface area contributed by atoms with E-state index in [0.717, 1.165) is 6.07 Å². The van der Waals surface area contributed by atoms with Crippen LogP contribution in [0, 0.1) is 0 Å². The van der Waals surface area contributed by atoms with E-state index in [4.69, 9.17) is 0 Å². The normalized spacial score (nSPS) is 17.5. The van der Waals surface area contributed by atoms with Gasteiger partial charge in [0.15, 0.2) is 9.84 Å². The molecule has 0 amide bonds. The minimum Gasteiger partial charge on any atom is -0.388 e. The number of halogens is 6. The molecule has 1 aliphatic rings. The Bertz CT molecular complexity index is 1110. The second-order valence-electron chi connectivity index (χ2n) is 8.45. The number of alkyl halides is 6. The van der Waals surface area contributed by atoms with Crippen LogP contribution in [-0.4, -0.2) is 49.3 Å². The first-order chi connectivity index (χ1) is 16.1. The molecule has 1 saturated heterocycles. The highest BCUT2D eigenvalue weighted by Gasteiger charge is 2.71. The minimum atomic E-state index is -6.05. The molecular weight excluding hydrogens is 500 g/mol. The smallest absolute Gasteiger partial charge is 0.388 e. The lowest BCUT2D eigenvalue weighted by atomic mass is 9.88. The van der Waals surface area contributed by atoms with E-state index in [1.54, 1.807) is 23.1 Å². The molecule has 5 nitrogen and oxygen atoms in total. The Labute approximate surface area is 198 Å². The van der Waals surface area contributed by atoms with Gasteiger partial charge in [0.1, 0.15) is 0 Å². The van der Waals surface area contributed by atoms with Crippen molar-refractivity contribution in [3.63, 3.8) is 0 Å². The topological polar surface area (TPSA) is 77.8 Å². The highest BCUT2D eigenvalue weighted by Crippen LogP contribution is 2.51.